The Hall–Kier alpha value is -2.55. The molecule has 1 fully saturated rings. The molecule has 1 amide bonds. The predicted molar refractivity (Wildman–Crippen MR) is 114 cm³/mol. The van der Waals surface area contributed by atoms with Crippen molar-refractivity contribution in [1.82, 2.24) is 15.2 Å². The number of amides is 1. The number of aromatic nitrogens is 1. The molecule has 2 N–H and O–H groups in total. The molecule has 4 rings (SSSR count). The standard InChI is InChI=1S/C21H25N3O5.ClH/c1-14-5-10-24(15-3-4-16-17(11-15)29-13-28-16)20(26)18(14)19(25)23-12-21(27-2)6-8-22-9-7-21;/h3-5,10-11,22H,6-9,12-13H2,1-2H3,(H,23,25);1H. The summed E-state index contributed by atoms with van der Waals surface area (Å²) >= 11 is 0. The maximum atomic E-state index is 13.1. The maximum Gasteiger partial charge on any atom is 0.268 e. The van der Waals surface area contributed by atoms with E-state index in [0.29, 0.717) is 29.3 Å². The number of nitrogens with one attached hydrogen (secondary N) is 2. The lowest BCUT2D eigenvalue weighted by Gasteiger charge is -2.36. The number of methoxy groups -OCH3 is 1. The Morgan fingerprint density at radius 2 is 1.97 bits per heavy atom. The fourth-order valence-corrected chi connectivity index (χ4v) is 3.81. The zero-order valence-corrected chi connectivity index (χ0v) is 17.8. The van der Waals surface area contributed by atoms with E-state index in [1.165, 1.54) is 4.57 Å². The number of benzene rings is 1. The number of pyridine rings is 1. The van der Waals surface area contributed by atoms with Crippen LogP contribution < -0.4 is 25.7 Å². The van der Waals surface area contributed by atoms with Crippen molar-refractivity contribution < 1.29 is 19.0 Å². The van der Waals surface area contributed by atoms with Gasteiger partial charge in [-0.25, -0.2) is 0 Å². The summed E-state index contributed by atoms with van der Waals surface area (Å²) in [6.45, 7) is 3.96. The van der Waals surface area contributed by atoms with Crippen molar-refractivity contribution in [2.45, 2.75) is 25.4 Å². The quantitative estimate of drug-likeness (QED) is 0.744. The summed E-state index contributed by atoms with van der Waals surface area (Å²) < 4.78 is 17.9. The predicted octanol–water partition coefficient (Wildman–Crippen LogP) is 1.79. The number of ether oxygens (including phenoxy) is 3. The number of hydrogen-bond acceptors (Lipinski definition) is 6. The van der Waals surface area contributed by atoms with Crippen molar-refractivity contribution in [2.75, 3.05) is 33.5 Å². The summed E-state index contributed by atoms with van der Waals surface area (Å²) in [7, 11) is 1.66. The molecule has 1 saturated heterocycles. The highest BCUT2D eigenvalue weighted by molar-refractivity contribution is 5.95. The van der Waals surface area contributed by atoms with E-state index in [0.717, 1.165) is 25.9 Å². The zero-order valence-electron chi connectivity index (χ0n) is 17.0. The van der Waals surface area contributed by atoms with Crippen molar-refractivity contribution in [3.8, 4) is 17.2 Å². The fourth-order valence-electron chi connectivity index (χ4n) is 3.81. The van der Waals surface area contributed by atoms with Crippen LogP contribution >= 0.6 is 12.4 Å². The molecule has 0 atom stereocenters. The Bertz CT molecular complexity index is 985. The summed E-state index contributed by atoms with van der Waals surface area (Å²) in [6, 6.07) is 7.01. The Kier molecular flexibility index (Phi) is 6.70. The minimum Gasteiger partial charge on any atom is -0.454 e. The molecule has 3 heterocycles. The molecule has 30 heavy (non-hydrogen) atoms. The van der Waals surface area contributed by atoms with Crippen molar-refractivity contribution in [1.29, 1.82) is 0 Å². The summed E-state index contributed by atoms with van der Waals surface area (Å²) in [4.78, 5) is 26.0. The lowest BCUT2D eigenvalue weighted by Crippen LogP contribution is -2.51. The van der Waals surface area contributed by atoms with Crippen LogP contribution in [0.5, 0.6) is 11.5 Å². The minimum atomic E-state index is -0.403. The van der Waals surface area contributed by atoms with Crippen LogP contribution in [0.25, 0.3) is 5.69 Å². The van der Waals surface area contributed by atoms with E-state index < -0.39 is 11.5 Å². The Morgan fingerprint density at radius 1 is 1.23 bits per heavy atom. The molecule has 8 nitrogen and oxygen atoms in total. The average Bonchev–Trinajstić information content (AvgIpc) is 3.21. The first-order valence-corrected chi connectivity index (χ1v) is 9.69. The molecule has 1 aromatic carbocycles. The van der Waals surface area contributed by atoms with Gasteiger partial charge in [0.15, 0.2) is 11.5 Å². The first-order chi connectivity index (χ1) is 14.0. The van der Waals surface area contributed by atoms with Gasteiger partial charge in [0.25, 0.3) is 11.5 Å². The minimum absolute atomic E-state index is 0. The van der Waals surface area contributed by atoms with Crippen molar-refractivity contribution in [2.24, 2.45) is 0 Å². The number of aryl methyl sites for hydroxylation is 1. The highest BCUT2D eigenvalue weighted by Gasteiger charge is 2.32. The number of piperidine rings is 1. The van der Waals surface area contributed by atoms with E-state index in [9.17, 15) is 9.59 Å². The molecule has 1 aromatic heterocycles. The van der Waals surface area contributed by atoms with Gasteiger partial charge in [-0.2, -0.15) is 0 Å². The van der Waals surface area contributed by atoms with Crippen LogP contribution in [-0.2, 0) is 4.74 Å². The number of carbonyl (C=O) groups excluding carboxylic acids is 1. The average molecular weight is 436 g/mol. The van der Waals surface area contributed by atoms with Gasteiger partial charge in [0.1, 0.15) is 5.56 Å². The summed E-state index contributed by atoms with van der Waals surface area (Å²) in [5.41, 5.74) is 0.588. The van der Waals surface area contributed by atoms with E-state index in [4.69, 9.17) is 14.2 Å². The first kappa shape index (κ1) is 22.1. The van der Waals surface area contributed by atoms with Crippen LogP contribution in [0, 0.1) is 6.92 Å². The van der Waals surface area contributed by atoms with Crippen molar-refractivity contribution in [3.05, 3.63) is 51.9 Å². The SMILES string of the molecule is COC1(CNC(=O)c2c(C)ccn(-c3ccc4c(c3)OCO4)c2=O)CCNCC1.Cl. The van der Waals surface area contributed by atoms with Gasteiger partial charge >= 0.3 is 0 Å². The third-order valence-corrected chi connectivity index (χ3v) is 5.68. The highest BCUT2D eigenvalue weighted by atomic mass is 35.5. The van der Waals surface area contributed by atoms with Crippen LogP contribution in [0.2, 0.25) is 0 Å². The second kappa shape index (κ2) is 9.07. The van der Waals surface area contributed by atoms with Crippen LogP contribution in [0.15, 0.2) is 35.3 Å². The number of rotatable bonds is 5. The smallest absolute Gasteiger partial charge is 0.268 e. The summed E-state index contributed by atoms with van der Waals surface area (Å²) in [6.07, 6.45) is 3.27. The second-order valence-corrected chi connectivity index (χ2v) is 7.41. The molecule has 2 aromatic rings. The van der Waals surface area contributed by atoms with Gasteiger partial charge in [0.2, 0.25) is 6.79 Å². The van der Waals surface area contributed by atoms with E-state index in [-0.39, 0.29) is 30.3 Å². The van der Waals surface area contributed by atoms with Gasteiger partial charge in [0.05, 0.1) is 11.3 Å². The molecule has 0 bridgehead atoms. The fraction of sp³-hybridized carbons (Fsp3) is 0.429. The van der Waals surface area contributed by atoms with Crippen molar-refractivity contribution in [3.63, 3.8) is 0 Å². The molecule has 0 radical (unpaired) electrons. The molecule has 0 saturated carbocycles. The van der Waals surface area contributed by atoms with E-state index in [1.54, 1.807) is 44.5 Å². The first-order valence-electron chi connectivity index (χ1n) is 9.69. The molecule has 162 valence electrons. The van der Waals surface area contributed by atoms with Gasteiger partial charge in [0, 0.05) is 25.9 Å². The molecule has 9 heteroatoms. The summed E-state index contributed by atoms with van der Waals surface area (Å²) in [5.74, 6) is 0.824. The van der Waals surface area contributed by atoms with E-state index >= 15 is 0 Å². The van der Waals surface area contributed by atoms with Gasteiger partial charge in [-0.05, 0) is 56.6 Å². The topological polar surface area (TPSA) is 90.8 Å². The summed E-state index contributed by atoms with van der Waals surface area (Å²) in [5, 5.41) is 6.20. The van der Waals surface area contributed by atoms with Gasteiger partial charge in [-0.3, -0.25) is 14.2 Å². The number of fused-ring (bicyclic) bond motifs is 1. The highest BCUT2D eigenvalue weighted by Crippen LogP contribution is 2.33. The van der Waals surface area contributed by atoms with Crippen LogP contribution in [-0.4, -0.2) is 49.6 Å². The largest absolute Gasteiger partial charge is 0.454 e. The lowest BCUT2D eigenvalue weighted by molar-refractivity contribution is -0.0313. The number of halogens is 1. The molecular weight excluding hydrogens is 410 g/mol. The normalized spacial score (nSPS) is 16.6. The third-order valence-electron chi connectivity index (χ3n) is 5.68. The molecule has 0 aliphatic carbocycles. The Balaban J connectivity index is 0.00000256. The molecule has 0 unspecified atom stereocenters. The monoisotopic (exact) mass is 435 g/mol. The van der Waals surface area contributed by atoms with Gasteiger partial charge in [-0.15, -0.1) is 12.4 Å². The molecule has 0 spiro atoms. The molecular formula is C21H26ClN3O5. The zero-order chi connectivity index (χ0) is 20.4. The van der Waals surface area contributed by atoms with E-state index in [2.05, 4.69) is 10.6 Å². The number of hydrogen-bond donors (Lipinski definition) is 2. The molecule has 2 aliphatic rings. The van der Waals surface area contributed by atoms with Gasteiger partial charge in [-0.1, -0.05) is 0 Å². The maximum absolute atomic E-state index is 13.1. The Morgan fingerprint density at radius 3 is 2.70 bits per heavy atom. The van der Waals surface area contributed by atoms with Crippen LogP contribution in [0.4, 0.5) is 0 Å². The third kappa shape index (κ3) is 4.16. The van der Waals surface area contributed by atoms with Crippen LogP contribution in [0.3, 0.4) is 0 Å². The van der Waals surface area contributed by atoms with Crippen LogP contribution in [0.1, 0.15) is 28.8 Å². The van der Waals surface area contributed by atoms with E-state index in [1.807, 2.05) is 0 Å². The van der Waals surface area contributed by atoms with Crippen molar-refractivity contribution >= 4 is 18.3 Å². The lowest BCUT2D eigenvalue weighted by atomic mass is 9.92. The second-order valence-electron chi connectivity index (χ2n) is 7.41. The molecule has 2 aliphatic heterocycles. The van der Waals surface area contributed by atoms with Gasteiger partial charge < -0.3 is 24.8 Å². The number of carbonyl (C=O) groups is 1. The number of nitrogens with zero attached hydrogens (tertiary/aromatic N) is 1. The Labute approximate surface area is 180 Å².